The summed E-state index contributed by atoms with van der Waals surface area (Å²) in [4.78, 5) is 31.1. The standard InChI is InChI=1S/C21H17ClF4N4O3/c1-12-10-29(11-27-12)14-3-4-15-19(31)28(6-7-30(15)20(14)32)8-9-33-16-5-2-13(23)18(22)17(16)21(24,25)26/h2-5,10-11H,6-9H2,1H3. The highest BCUT2D eigenvalue weighted by molar-refractivity contribution is 6.31. The molecule has 1 aliphatic rings. The topological polar surface area (TPSA) is 69.4 Å². The van der Waals surface area contributed by atoms with Gasteiger partial charge in [0.05, 0.1) is 23.6 Å². The first-order valence-corrected chi connectivity index (χ1v) is 10.2. The van der Waals surface area contributed by atoms with E-state index in [4.69, 9.17) is 16.3 Å². The van der Waals surface area contributed by atoms with Crippen LogP contribution in [-0.2, 0) is 12.7 Å². The molecule has 3 heterocycles. The van der Waals surface area contributed by atoms with E-state index in [1.165, 1.54) is 27.9 Å². The molecule has 0 radical (unpaired) electrons. The van der Waals surface area contributed by atoms with E-state index in [0.29, 0.717) is 5.69 Å². The van der Waals surface area contributed by atoms with Gasteiger partial charge in [0.1, 0.15) is 35.1 Å². The van der Waals surface area contributed by atoms with Crippen molar-refractivity contribution in [2.24, 2.45) is 0 Å². The molecule has 0 N–H and O–H groups in total. The fourth-order valence-corrected chi connectivity index (χ4v) is 3.87. The van der Waals surface area contributed by atoms with Gasteiger partial charge in [-0.1, -0.05) is 11.6 Å². The molecule has 1 aliphatic heterocycles. The maximum atomic E-state index is 13.5. The van der Waals surface area contributed by atoms with Crippen LogP contribution < -0.4 is 10.3 Å². The summed E-state index contributed by atoms with van der Waals surface area (Å²) < 4.78 is 61.4. The van der Waals surface area contributed by atoms with Crippen molar-refractivity contribution in [2.45, 2.75) is 19.6 Å². The average molecular weight is 485 g/mol. The Labute approximate surface area is 189 Å². The molecule has 2 aromatic heterocycles. The molecule has 0 unspecified atom stereocenters. The normalized spacial score (nSPS) is 13.9. The Morgan fingerprint density at radius 3 is 2.58 bits per heavy atom. The quantitative estimate of drug-likeness (QED) is 0.518. The molecular formula is C21H17ClF4N4O3. The van der Waals surface area contributed by atoms with Crippen molar-refractivity contribution in [1.29, 1.82) is 0 Å². The zero-order valence-electron chi connectivity index (χ0n) is 17.2. The summed E-state index contributed by atoms with van der Waals surface area (Å²) in [5.74, 6) is -2.30. The second kappa shape index (κ2) is 8.54. The molecule has 33 heavy (non-hydrogen) atoms. The zero-order valence-corrected chi connectivity index (χ0v) is 18.0. The molecule has 4 rings (SSSR count). The predicted molar refractivity (Wildman–Crippen MR) is 110 cm³/mol. The number of imidazole rings is 1. The number of alkyl halides is 3. The molecule has 174 valence electrons. The van der Waals surface area contributed by atoms with Crippen LogP contribution in [0, 0.1) is 12.7 Å². The number of hydrogen-bond donors (Lipinski definition) is 0. The van der Waals surface area contributed by atoms with Crippen LogP contribution in [0.25, 0.3) is 5.69 Å². The van der Waals surface area contributed by atoms with Crippen LogP contribution in [0.5, 0.6) is 5.75 Å². The van der Waals surface area contributed by atoms with Gasteiger partial charge in [-0.3, -0.25) is 9.59 Å². The molecule has 0 aliphatic carbocycles. The first-order valence-electron chi connectivity index (χ1n) is 9.80. The molecular weight excluding hydrogens is 468 g/mol. The number of nitrogens with zero attached hydrogens (tertiary/aromatic N) is 4. The lowest BCUT2D eigenvalue weighted by molar-refractivity contribution is -0.139. The lowest BCUT2D eigenvalue weighted by Gasteiger charge is -2.30. The van der Waals surface area contributed by atoms with Gasteiger partial charge in [0.25, 0.3) is 11.5 Å². The monoisotopic (exact) mass is 484 g/mol. The van der Waals surface area contributed by atoms with Crippen molar-refractivity contribution in [2.75, 3.05) is 19.7 Å². The number of ether oxygens (including phenoxy) is 1. The van der Waals surface area contributed by atoms with Gasteiger partial charge in [0.15, 0.2) is 0 Å². The Bertz CT molecular complexity index is 1290. The van der Waals surface area contributed by atoms with Crippen LogP contribution in [-0.4, -0.2) is 44.6 Å². The number of aromatic nitrogens is 3. The Kier molecular flexibility index (Phi) is 5.91. The van der Waals surface area contributed by atoms with Gasteiger partial charge in [-0.15, -0.1) is 0 Å². The molecule has 0 saturated heterocycles. The molecule has 7 nitrogen and oxygen atoms in total. The SMILES string of the molecule is Cc1cn(-c2ccc3n(c2=O)CCN(CCOc2ccc(F)c(Cl)c2C(F)(F)F)C3=O)cn1. The van der Waals surface area contributed by atoms with Crippen LogP contribution in [0.15, 0.2) is 41.6 Å². The minimum Gasteiger partial charge on any atom is -0.491 e. The summed E-state index contributed by atoms with van der Waals surface area (Å²) in [6, 6.07) is 4.66. The summed E-state index contributed by atoms with van der Waals surface area (Å²) in [5.41, 5.74) is -0.529. The second-order valence-corrected chi connectivity index (χ2v) is 7.73. The van der Waals surface area contributed by atoms with Crippen molar-refractivity contribution in [3.8, 4) is 11.4 Å². The number of hydrogen-bond acceptors (Lipinski definition) is 4. The summed E-state index contributed by atoms with van der Waals surface area (Å²) in [6.45, 7) is 1.83. The lowest BCUT2D eigenvalue weighted by atomic mass is 10.2. The summed E-state index contributed by atoms with van der Waals surface area (Å²) in [5, 5.41) is -1.08. The maximum Gasteiger partial charge on any atom is 0.421 e. The van der Waals surface area contributed by atoms with Crippen LogP contribution in [0.4, 0.5) is 17.6 Å². The van der Waals surface area contributed by atoms with Crippen LogP contribution in [0.2, 0.25) is 5.02 Å². The van der Waals surface area contributed by atoms with Crippen molar-refractivity contribution < 1.29 is 27.1 Å². The number of halogens is 5. The Morgan fingerprint density at radius 1 is 1.15 bits per heavy atom. The number of rotatable bonds is 5. The second-order valence-electron chi connectivity index (χ2n) is 7.36. The summed E-state index contributed by atoms with van der Waals surface area (Å²) in [6.07, 6.45) is -1.72. The van der Waals surface area contributed by atoms with Gasteiger partial charge in [-0.2, -0.15) is 13.2 Å². The van der Waals surface area contributed by atoms with E-state index in [2.05, 4.69) is 4.98 Å². The van der Waals surface area contributed by atoms with Crippen molar-refractivity contribution >= 4 is 17.5 Å². The van der Waals surface area contributed by atoms with Gasteiger partial charge in [0, 0.05) is 19.3 Å². The molecule has 12 heteroatoms. The molecule has 3 aromatic rings. The maximum absolute atomic E-state index is 13.5. The molecule has 1 aromatic carbocycles. The van der Waals surface area contributed by atoms with Crippen molar-refractivity contribution in [3.05, 3.63) is 74.9 Å². The zero-order chi connectivity index (χ0) is 23.9. The smallest absolute Gasteiger partial charge is 0.421 e. The highest BCUT2D eigenvalue weighted by atomic mass is 35.5. The van der Waals surface area contributed by atoms with E-state index in [1.807, 2.05) is 0 Å². The van der Waals surface area contributed by atoms with Gasteiger partial charge >= 0.3 is 6.18 Å². The number of pyridine rings is 1. The first kappa shape index (κ1) is 22.8. The van der Waals surface area contributed by atoms with Crippen LogP contribution in [0.3, 0.4) is 0 Å². The number of amides is 1. The number of carbonyl (C=O) groups is 1. The van der Waals surface area contributed by atoms with Crippen molar-refractivity contribution in [3.63, 3.8) is 0 Å². The van der Waals surface area contributed by atoms with E-state index in [9.17, 15) is 27.2 Å². The predicted octanol–water partition coefficient (Wildman–Crippen LogP) is 3.69. The molecule has 0 spiro atoms. The van der Waals surface area contributed by atoms with Crippen molar-refractivity contribution in [1.82, 2.24) is 19.0 Å². The largest absolute Gasteiger partial charge is 0.491 e. The minimum absolute atomic E-state index is 0.0399. The van der Waals surface area contributed by atoms with Gasteiger partial charge in [-0.05, 0) is 31.2 Å². The third-order valence-electron chi connectivity index (χ3n) is 5.20. The first-order chi connectivity index (χ1) is 15.6. The Balaban J connectivity index is 1.49. The summed E-state index contributed by atoms with van der Waals surface area (Å²) >= 11 is 5.49. The van der Waals surface area contributed by atoms with E-state index in [0.717, 1.165) is 17.8 Å². The molecule has 0 saturated carbocycles. The number of fused-ring (bicyclic) bond motifs is 1. The van der Waals surface area contributed by atoms with Crippen LogP contribution >= 0.6 is 11.6 Å². The number of aryl methyl sites for hydroxylation is 1. The molecule has 0 fully saturated rings. The number of benzene rings is 1. The van der Waals surface area contributed by atoms with E-state index in [1.54, 1.807) is 17.7 Å². The molecule has 0 bridgehead atoms. The minimum atomic E-state index is -4.92. The van der Waals surface area contributed by atoms with E-state index in [-0.39, 0.29) is 37.5 Å². The van der Waals surface area contributed by atoms with Crippen LogP contribution in [0.1, 0.15) is 21.7 Å². The third kappa shape index (κ3) is 4.32. The molecule has 1 amide bonds. The average Bonchev–Trinajstić information content (AvgIpc) is 3.17. The Morgan fingerprint density at radius 2 is 1.91 bits per heavy atom. The van der Waals surface area contributed by atoms with E-state index < -0.39 is 34.2 Å². The highest BCUT2D eigenvalue weighted by Crippen LogP contribution is 2.42. The Hall–Kier alpha value is -3.34. The van der Waals surface area contributed by atoms with Gasteiger partial charge in [-0.25, -0.2) is 9.37 Å². The van der Waals surface area contributed by atoms with Gasteiger partial charge in [0.2, 0.25) is 0 Å². The highest BCUT2D eigenvalue weighted by Gasteiger charge is 2.38. The van der Waals surface area contributed by atoms with E-state index >= 15 is 0 Å². The van der Waals surface area contributed by atoms with Gasteiger partial charge < -0.3 is 18.8 Å². The summed E-state index contributed by atoms with van der Waals surface area (Å²) in [7, 11) is 0. The molecule has 0 atom stereocenters. The lowest BCUT2D eigenvalue weighted by Crippen LogP contribution is -2.46. The number of carbonyl (C=O) groups excluding carboxylic acids is 1. The fraction of sp³-hybridized carbons (Fsp3) is 0.286. The fourth-order valence-electron chi connectivity index (χ4n) is 3.61. The third-order valence-corrected chi connectivity index (χ3v) is 5.57.